The number of rotatable bonds is 3. The number of anilines is 1. The number of nitrogens with zero attached hydrogens (tertiary/aromatic N) is 2. The summed E-state index contributed by atoms with van der Waals surface area (Å²) in [6.07, 6.45) is 0. The lowest BCUT2D eigenvalue weighted by molar-refractivity contribution is 0.177. The van der Waals surface area contributed by atoms with Crippen molar-refractivity contribution in [2.24, 2.45) is 0 Å². The van der Waals surface area contributed by atoms with Crippen molar-refractivity contribution in [3.05, 3.63) is 63.6 Å². The van der Waals surface area contributed by atoms with Crippen molar-refractivity contribution >= 4 is 46.2 Å². The number of piperazine rings is 1. The molecule has 3 nitrogen and oxygen atoms in total. The first kappa shape index (κ1) is 18.5. The fourth-order valence-corrected chi connectivity index (χ4v) is 3.50. The van der Waals surface area contributed by atoms with E-state index in [0.29, 0.717) is 15.2 Å². The first-order valence-electron chi connectivity index (χ1n) is 8.31. The van der Waals surface area contributed by atoms with E-state index in [2.05, 4.69) is 46.3 Å². The van der Waals surface area contributed by atoms with Crippen LogP contribution >= 0.6 is 35.4 Å². The van der Waals surface area contributed by atoms with E-state index in [1.165, 1.54) is 11.1 Å². The summed E-state index contributed by atoms with van der Waals surface area (Å²) >= 11 is 17.8. The maximum absolute atomic E-state index is 6.22. The van der Waals surface area contributed by atoms with Crippen LogP contribution in [0.3, 0.4) is 0 Å². The Labute approximate surface area is 164 Å². The molecule has 2 aromatic rings. The third-order valence-corrected chi connectivity index (χ3v) is 5.56. The van der Waals surface area contributed by atoms with E-state index >= 15 is 0 Å². The fourth-order valence-electron chi connectivity index (χ4n) is 2.86. The normalized spacial score (nSPS) is 15.2. The lowest BCUT2D eigenvalue weighted by atomic mass is 10.1. The molecule has 0 aromatic heterocycles. The molecule has 0 aliphatic carbocycles. The third-order valence-electron chi connectivity index (χ3n) is 4.38. The molecule has 25 heavy (non-hydrogen) atoms. The molecule has 3 rings (SSSR count). The summed E-state index contributed by atoms with van der Waals surface area (Å²) in [5.74, 6) is 0. The molecule has 0 unspecified atom stereocenters. The summed E-state index contributed by atoms with van der Waals surface area (Å²) in [6, 6.07) is 14.2. The summed E-state index contributed by atoms with van der Waals surface area (Å²) in [5.41, 5.74) is 3.40. The molecule has 0 amide bonds. The third kappa shape index (κ3) is 4.85. The second-order valence-electron chi connectivity index (χ2n) is 6.28. The van der Waals surface area contributed by atoms with E-state index in [-0.39, 0.29) is 0 Å². The zero-order valence-corrected chi connectivity index (χ0v) is 16.5. The number of nitrogens with one attached hydrogen (secondary N) is 1. The minimum absolute atomic E-state index is 0.504. The Bertz CT molecular complexity index is 741. The topological polar surface area (TPSA) is 18.5 Å². The molecule has 132 valence electrons. The van der Waals surface area contributed by atoms with Gasteiger partial charge in [-0.1, -0.05) is 59.1 Å². The van der Waals surface area contributed by atoms with Gasteiger partial charge in [-0.05, 0) is 36.8 Å². The highest BCUT2D eigenvalue weighted by atomic mass is 35.5. The van der Waals surface area contributed by atoms with Crippen molar-refractivity contribution < 1.29 is 0 Å². The molecule has 0 spiro atoms. The van der Waals surface area contributed by atoms with Crippen LogP contribution in [0.15, 0.2) is 42.5 Å². The van der Waals surface area contributed by atoms with Gasteiger partial charge < -0.3 is 10.2 Å². The fraction of sp³-hybridized carbons (Fsp3) is 0.316. The molecule has 1 aliphatic rings. The Morgan fingerprint density at radius 2 is 1.72 bits per heavy atom. The van der Waals surface area contributed by atoms with Gasteiger partial charge in [0, 0.05) is 32.7 Å². The van der Waals surface area contributed by atoms with Crippen LogP contribution in [0.1, 0.15) is 11.1 Å². The van der Waals surface area contributed by atoms with Crippen LogP contribution in [0.4, 0.5) is 5.69 Å². The average Bonchev–Trinajstić information content (AvgIpc) is 2.61. The SMILES string of the molecule is Cc1ccc(CN2CCN(C(=S)Nc3cccc(Cl)c3Cl)CC2)cc1. The number of halogens is 2. The number of thiocarbonyl (C=S) groups is 1. The molecule has 1 fully saturated rings. The van der Waals surface area contributed by atoms with Crippen LogP contribution < -0.4 is 5.32 Å². The molecule has 0 atom stereocenters. The van der Waals surface area contributed by atoms with Gasteiger partial charge in [-0.2, -0.15) is 0 Å². The van der Waals surface area contributed by atoms with Gasteiger partial charge in [0.25, 0.3) is 0 Å². The quantitative estimate of drug-likeness (QED) is 0.753. The van der Waals surface area contributed by atoms with Gasteiger partial charge in [0.1, 0.15) is 0 Å². The summed E-state index contributed by atoms with van der Waals surface area (Å²) in [5, 5.41) is 4.94. The van der Waals surface area contributed by atoms with Crippen LogP contribution in [0.25, 0.3) is 0 Å². The number of benzene rings is 2. The van der Waals surface area contributed by atoms with E-state index in [1.54, 1.807) is 6.07 Å². The lowest BCUT2D eigenvalue weighted by Gasteiger charge is -2.36. The van der Waals surface area contributed by atoms with E-state index in [4.69, 9.17) is 35.4 Å². The van der Waals surface area contributed by atoms with Crippen molar-refractivity contribution in [1.82, 2.24) is 9.80 Å². The highest BCUT2D eigenvalue weighted by molar-refractivity contribution is 7.80. The minimum atomic E-state index is 0.504. The summed E-state index contributed by atoms with van der Waals surface area (Å²) in [6.45, 7) is 6.86. The van der Waals surface area contributed by atoms with Crippen molar-refractivity contribution in [3.63, 3.8) is 0 Å². The van der Waals surface area contributed by atoms with E-state index in [9.17, 15) is 0 Å². The number of hydrogen-bond donors (Lipinski definition) is 1. The highest BCUT2D eigenvalue weighted by Crippen LogP contribution is 2.29. The Hall–Kier alpha value is -1.33. The van der Waals surface area contributed by atoms with Crippen LogP contribution in [0.5, 0.6) is 0 Å². The molecule has 1 N–H and O–H groups in total. The first-order valence-corrected chi connectivity index (χ1v) is 9.47. The second kappa shape index (κ2) is 8.37. The Morgan fingerprint density at radius 3 is 2.40 bits per heavy atom. The van der Waals surface area contributed by atoms with Gasteiger partial charge in [-0.3, -0.25) is 4.90 Å². The Kier molecular flexibility index (Phi) is 6.18. The number of hydrogen-bond acceptors (Lipinski definition) is 2. The average molecular weight is 394 g/mol. The summed E-state index contributed by atoms with van der Waals surface area (Å²) in [4.78, 5) is 4.63. The van der Waals surface area contributed by atoms with Gasteiger partial charge in [-0.25, -0.2) is 0 Å². The summed E-state index contributed by atoms with van der Waals surface area (Å²) < 4.78 is 0. The van der Waals surface area contributed by atoms with Crippen LogP contribution in [-0.2, 0) is 6.54 Å². The zero-order chi connectivity index (χ0) is 17.8. The van der Waals surface area contributed by atoms with E-state index in [0.717, 1.165) is 38.4 Å². The molecule has 2 aromatic carbocycles. The molecular formula is C19H21Cl2N3S. The maximum atomic E-state index is 6.22. The molecular weight excluding hydrogens is 373 g/mol. The highest BCUT2D eigenvalue weighted by Gasteiger charge is 2.19. The standard InChI is InChI=1S/C19H21Cl2N3S/c1-14-5-7-15(8-6-14)13-23-9-11-24(12-10-23)19(25)22-17-4-2-3-16(20)18(17)21/h2-8H,9-13H2,1H3,(H,22,25). The van der Waals surface area contributed by atoms with Gasteiger partial charge in [0.2, 0.25) is 0 Å². The van der Waals surface area contributed by atoms with Crippen LogP contribution in [0, 0.1) is 6.92 Å². The van der Waals surface area contributed by atoms with Gasteiger partial charge in [0.15, 0.2) is 5.11 Å². The smallest absolute Gasteiger partial charge is 0.173 e. The maximum Gasteiger partial charge on any atom is 0.173 e. The molecule has 6 heteroatoms. The van der Waals surface area contributed by atoms with Crippen molar-refractivity contribution in [2.45, 2.75) is 13.5 Å². The Morgan fingerprint density at radius 1 is 1.04 bits per heavy atom. The zero-order valence-electron chi connectivity index (χ0n) is 14.1. The predicted octanol–water partition coefficient (Wildman–Crippen LogP) is 4.82. The second-order valence-corrected chi connectivity index (χ2v) is 7.45. The van der Waals surface area contributed by atoms with Crippen LogP contribution in [-0.4, -0.2) is 41.1 Å². The monoisotopic (exact) mass is 393 g/mol. The van der Waals surface area contributed by atoms with Gasteiger partial charge >= 0.3 is 0 Å². The van der Waals surface area contributed by atoms with Gasteiger partial charge in [-0.15, -0.1) is 0 Å². The number of aryl methyl sites for hydroxylation is 1. The minimum Gasteiger partial charge on any atom is -0.346 e. The van der Waals surface area contributed by atoms with E-state index in [1.807, 2.05) is 12.1 Å². The first-order chi connectivity index (χ1) is 12.0. The van der Waals surface area contributed by atoms with Gasteiger partial charge in [0.05, 0.1) is 15.7 Å². The Balaban J connectivity index is 1.52. The predicted molar refractivity (Wildman–Crippen MR) is 111 cm³/mol. The van der Waals surface area contributed by atoms with E-state index < -0.39 is 0 Å². The van der Waals surface area contributed by atoms with Crippen molar-refractivity contribution in [3.8, 4) is 0 Å². The van der Waals surface area contributed by atoms with Crippen molar-refractivity contribution in [2.75, 3.05) is 31.5 Å². The lowest BCUT2D eigenvalue weighted by Crippen LogP contribution is -2.49. The summed E-state index contributed by atoms with van der Waals surface area (Å²) in [7, 11) is 0. The largest absolute Gasteiger partial charge is 0.346 e. The van der Waals surface area contributed by atoms with Crippen molar-refractivity contribution in [1.29, 1.82) is 0 Å². The molecule has 0 radical (unpaired) electrons. The molecule has 1 saturated heterocycles. The molecule has 0 saturated carbocycles. The van der Waals surface area contributed by atoms with Crippen LogP contribution in [0.2, 0.25) is 10.0 Å². The molecule has 1 aliphatic heterocycles. The molecule has 0 bridgehead atoms. The molecule has 1 heterocycles.